The quantitative estimate of drug-likeness (QED) is 0.164. The summed E-state index contributed by atoms with van der Waals surface area (Å²) >= 11 is 0. The zero-order valence-corrected chi connectivity index (χ0v) is 34.8. The number of hydrogen-bond donors (Lipinski definition) is 0. The molecule has 1 aromatic heterocycles. The van der Waals surface area contributed by atoms with Crippen molar-refractivity contribution >= 4 is 45.7 Å². The van der Waals surface area contributed by atoms with Crippen LogP contribution in [0.1, 0.15) is 143 Å². The zero-order chi connectivity index (χ0) is 38.5. The predicted octanol–water partition coefficient (Wildman–Crippen LogP) is 11.0. The van der Waals surface area contributed by atoms with E-state index >= 15 is 4.79 Å². The van der Waals surface area contributed by atoms with Crippen LogP contribution in [-0.4, -0.2) is 16.1 Å². The van der Waals surface area contributed by atoms with Gasteiger partial charge in [0, 0.05) is 11.2 Å². The van der Waals surface area contributed by atoms with E-state index in [1.807, 2.05) is 0 Å². The highest BCUT2D eigenvalue weighted by molar-refractivity contribution is 6.88. The topological polar surface area (TPSA) is 39.4 Å². The van der Waals surface area contributed by atoms with Crippen LogP contribution in [0.15, 0.2) is 65.5 Å². The van der Waals surface area contributed by atoms with Crippen molar-refractivity contribution < 1.29 is 4.74 Å². The summed E-state index contributed by atoms with van der Waals surface area (Å²) in [5.41, 5.74) is 15.3. The van der Waals surface area contributed by atoms with Crippen molar-refractivity contribution in [1.82, 2.24) is 9.27 Å². The molecule has 12 aliphatic carbocycles. The predicted molar refractivity (Wildman–Crippen MR) is 238 cm³/mol. The fraction of sp³-hybridized carbons (Fsp3) is 0.537. The summed E-state index contributed by atoms with van der Waals surface area (Å²) in [7, 11) is 0. The number of fused-ring (bicyclic) bond motifs is 9. The number of hydrogen-bond acceptors (Lipinski definition) is 3. The van der Waals surface area contributed by atoms with E-state index < -0.39 is 0 Å². The second kappa shape index (κ2) is 10.5. The Hall–Kier alpha value is -4.19. The molecule has 10 saturated carbocycles. The molecule has 3 aliphatic heterocycles. The molecular formula is C54H54BN3O2. The Balaban J connectivity index is 0.899. The van der Waals surface area contributed by atoms with Gasteiger partial charge in [-0.25, -0.2) is 0 Å². The third-order valence-electron chi connectivity index (χ3n) is 20.5. The summed E-state index contributed by atoms with van der Waals surface area (Å²) in [6.45, 7) is -0.182. The molecule has 300 valence electrons. The third kappa shape index (κ3) is 3.88. The normalized spacial score (nSPS) is 39.1. The molecule has 20 rings (SSSR count). The summed E-state index contributed by atoms with van der Waals surface area (Å²) in [5, 5.41) is 0.929. The van der Waals surface area contributed by atoms with Crippen LogP contribution in [-0.2, 0) is 10.8 Å². The Kier molecular flexibility index (Phi) is 5.70. The maximum absolute atomic E-state index is 15.4. The van der Waals surface area contributed by atoms with Crippen LogP contribution in [0.25, 0.3) is 16.6 Å². The first-order chi connectivity index (χ1) is 29.4. The van der Waals surface area contributed by atoms with Crippen molar-refractivity contribution in [3.05, 3.63) is 93.3 Å². The minimum absolute atomic E-state index is 0.182. The van der Waals surface area contributed by atoms with E-state index in [9.17, 15) is 0 Å². The summed E-state index contributed by atoms with van der Waals surface area (Å²) in [4.78, 5) is 18.0. The van der Waals surface area contributed by atoms with Crippen molar-refractivity contribution in [2.75, 3.05) is 4.90 Å². The van der Waals surface area contributed by atoms with Crippen LogP contribution < -0.4 is 26.1 Å². The van der Waals surface area contributed by atoms with E-state index in [1.165, 1.54) is 154 Å². The Morgan fingerprint density at radius 3 is 1.77 bits per heavy atom. The molecule has 0 spiro atoms. The molecule has 6 heteroatoms. The van der Waals surface area contributed by atoms with Gasteiger partial charge in [-0.05, 0) is 249 Å². The van der Waals surface area contributed by atoms with Crippen LogP contribution in [0.3, 0.4) is 0 Å². The van der Waals surface area contributed by atoms with E-state index in [1.54, 1.807) is 5.56 Å². The molecule has 0 radical (unpaired) electrons. The maximum Gasteiger partial charge on any atom is 0.357 e. The van der Waals surface area contributed by atoms with E-state index in [4.69, 9.17) is 4.74 Å². The molecule has 2 unspecified atom stereocenters. The van der Waals surface area contributed by atoms with Crippen molar-refractivity contribution in [3.63, 3.8) is 0 Å². The lowest BCUT2D eigenvalue weighted by atomic mass is 9.45. The number of anilines is 3. The fourth-order valence-electron chi connectivity index (χ4n) is 19.4. The number of benzene rings is 4. The van der Waals surface area contributed by atoms with Gasteiger partial charge >= 0.3 is 6.85 Å². The molecule has 5 nitrogen and oxygen atoms in total. The number of aromatic nitrogens is 2. The monoisotopic (exact) mass is 787 g/mol. The lowest BCUT2D eigenvalue weighted by Crippen LogP contribution is -2.56. The second-order valence-corrected chi connectivity index (χ2v) is 23.8. The van der Waals surface area contributed by atoms with Gasteiger partial charge in [-0.15, -0.1) is 0 Å². The van der Waals surface area contributed by atoms with Crippen LogP contribution in [0.2, 0.25) is 0 Å². The van der Waals surface area contributed by atoms with Crippen LogP contribution >= 0.6 is 0 Å². The molecule has 12 bridgehead atoms. The highest BCUT2D eigenvalue weighted by Crippen LogP contribution is 2.65. The van der Waals surface area contributed by atoms with Gasteiger partial charge in [0.05, 0.1) is 28.0 Å². The smallest absolute Gasteiger partial charge is 0.357 e. The highest BCUT2D eigenvalue weighted by atomic mass is 16.5. The number of rotatable bonds is 2. The van der Waals surface area contributed by atoms with Crippen LogP contribution in [0.5, 0.6) is 11.5 Å². The van der Waals surface area contributed by atoms with Gasteiger partial charge in [-0.1, -0.05) is 18.2 Å². The minimum atomic E-state index is -0.182. The summed E-state index contributed by atoms with van der Waals surface area (Å²) in [6, 6.07) is 24.4. The molecule has 0 N–H and O–H groups in total. The minimum Gasteiger partial charge on any atom is -0.453 e. The first-order valence-electron chi connectivity index (χ1n) is 24.7. The van der Waals surface area contributed by atoms with E-state index in [0.717, 1.165) is 75.4 Å². The van der Waals surface area contributed by atoms with Crippen molar-refractivity contribution in [2.45, 2.75) is 132 Å². The zero-order valence-electron chi connectivity index (χ0n) is 34.8. The molecule has 2 atom stereocenters. The van der Waals surface area contributed by atoms with Gasteiger partial charge in [-0.3, -0.25) is 14.1 Å². The van der Waals surface area contributed by atoms with Gasteiger partial charge in [0.2, 0.25) is 0 Å². The second-order valence-electron chi connectivity index (χ2n) is 23.8. The first kappa shape index (κ1) is 32.5. The van der Waals surface area contributed by atoms with Gasteiger partial charge in [0.25, 0.3) is 5.56 Å². The summed E-state index contributed by atoms with van der Waals surface area (Å²) in [6.07, 6.45) is 23.5. The van der Waals surface area contributed by atoms with Crippen LogP contribution in [0, 0.1) is 47.3 Å². The molecule has 4 aromatic carbocycles. The average molecular weight is 788 g/mol. The Labute approximate surface area is 352 Å². The fourth-order valence-corrected chi connectivity index (χ4v) is 19.4. The molecular weight excluding hydrogens is 733 g/mol. The van der Waals surface area contributed by atoms with Gasteiger partial charge < -0.3 is 9.64 Å². The first-order valence-corrected chi connectivity index (χ1v) is 24.7. The highest BCUT2D eigenvalue weighted by Gasteiger charge is 2.56. The van der Waals surface area contributed by atoms with E-state index in [2.05, 4.69) is 74.8 Å². The molecule has 5 aromatic rings. The molecule has 15 aliphatic rings. The number of ether oxygens (including phenoxy) is 1. The van der Waals surface area contributed by atoms with Gasteiger partial charge in [0.15, 0.2) is 11.5 Å². The Bertz CT molecular complexity index is 2810. The summed E-state index contributed by atoms with van der Waals surface area (Å²) in [5.74, 6) is 10.3. The Morgan fingerprint density at radius 2 is 1.12 bits per heavy atom. The molecule has 4 heterocycles. The van der Waals surface area contributed by atoms with Crippen LogP contribution in [0.4, 0.5) is 17.1 Å². The van der Waals surface area contributed by atoms with Gasteiger partial charge in [0.1, 0.15) is 0 Å². The lowest BCUT2D eigenvalue weighted by molar-refractivity contribution is -0.00525. The van der Waals surface area contributed by atoms with Crippen molar-refractivity contribution in [1.29, 1.82) is 0 Å². The van der Waals surface area contributed by atoms with Gasteiger partial charge in [-0.2, -0.15) is 0 Å². The maximum atomic E-state index is 15.4. The Morgan fingerprint density at radius 1 is 0.550 bits per heavy atom. The number of nitrogens with zero attached hydrogens (tertiary/aromatic N) is 3. The van der Waals surface area contributed by atoms with Crippen molar-refractivity contribution in [2.24, 2.45) is 47.3 Å². The largest absolute Gasteiger partial charge is 0.453 e. The lowest BCUT2D eigenvalue weighted by Gasteiger charge is -2.57. The third-order valence-corrected chi connectivity index (χ3v) is 20.5. The van der Waals surface area contributed by atoms with E-state index in [-0.39, 0.29) is 17.8 Å². The molecule has 0 amide bonds. The summed E-state index contributed by atoms with van der Waals surface area (Å²) < 4.78 is 12.0. The molecule has 10 fully saturated rings. The SMILES string of the molecule is O=c1c2cc3c(cc2n2n1B1c4cc(C56CC7CC(CC(C7)C5)C6)cc5c4N(c4ccc(C67CC8CC(CC(C8)C6)C7)cc4O5)c4cccc-2c41)C1CC2CC(CC3C2)C1. The molecule has 0 saturated heterocycles. The van der Waals surface area contributed by atoms with Crippen molar-refractivity contribution in [3.8, 4) is 17.2 Å². The van der Waals surface area contributed by atoms with E-state index in [0.29, 0.717) is 17.3 Å². The average Bonchev–Trinajstić information content (AvgIpc) is 3.66. The standard InChI is InChI=1S/C54H54BN3O2/c59-52-42-20-40-36-13-28-6-29(14-36)16-37(15-28)41(40)21-47(42)57-46-3-1-2-45-50(46)55(58(52)57)43-17-39(54-25-33-10-34(26-54)12-35(11-33)27-54)19-49-51(43)56(45)44-5-4-38(18-48(44)60-49)53-22-30-7-31(23-53)9-32(8-30)24-53/h1-5,17-21,28-37H,6-16,22-27H2. The molecule has 60 heavy (non-hydrogen) atoms.